The Bertz CT molecular complexity index is 627. The number of unbranched alkanes of at least 4 members (excludes halogenated alkanes) is 8. The van der Waals surface area contributed by atoms with E-state index in [9.17, 15) is 5.26 Å². The lowest BCUT2D eigenvalue weighted by molar-refractivity contribution is -0.673. The van der Waals surface area contributed by atoms with Crippen molar-refractivity contribution in [3.63, 3.8) is 0 Å². The fourth-order valence-corrected chi connectivity index (χ4v) is 5.90. The Balaban J connectivity index is 2.12. The van der Waals surface area contributed by atoms with Crippen LogP contribution < -0.4 is 0 Å². The highest BCUT2D eigenvalue weighted by Gasteiger charge is 2.26. The van der Waals surface area contributed by atoms with Gasteiger partial charge in [-0.05, 0) is 44.9 Å². The van der Waals surface area contributed by atoms with Gasteiger partial charge in [0.05, 0.1) is 6.54 Å². The molecule has 0 bridgehead atoms. The van der Waals surface area contributed by atoms with Crippen molar-refractivity contribution in [3.8, 4) is 6.19 Å². The zero-order valence-corrected chi connectivity index (χ0v) is 23.5. The van der Waals surface area contributed by atoms with Gasteiger partial charge in [-0.15, -0.1) is 4.68 Å². The first-order valence-corrected chi connectivity index (χ1v) is 15.9. The second-order valence-corrected chi connectivity index (χ2v) is 11.2. The minimum atomic E-state index is 0.894. The van der Waals surface area contributed by atoms with Crippen molar-refractivity contribution in [2.45, 2.75) is 167 Å². The molecule has 3 nitrogen and oxygen atoms in total. The fourth-order valence-electron chi connectivity index (χ4n) is 5.90. The Morgan fingerprint density at radius 2 is 1.23 bits per heavy atom. The normalized spacial score (nSPS) is 21.9. The molecule has 2 rings (SSSR count). The molecule has 0 saturated heterocycles. The monoisotopic (exact) mass is 484 g/mol. The summed E-state index contributed by atoms with van der Waals surface area (Å²) in [7, 11) is 0. The Morgan fingerprint density at radius 1 is 0.686 bits per heavy atom. The van der Waals surface area contributed by atoms with Crippen LogP contribution in [0.3, 0.4) is 0 Å². The molecule has 1 aliphatic carbocycles. The smallest absolute Gasteiger partial charge is 0.167 e. The Labute approximate surface area is 219 Å². The lowest BCUT2D eigenvalue weighted by atomic mass is 9.96. The van der Waals surface area contributed by atoms with Crippen LogP contribution in [0, 0.1) is 11.5 Å². The van der Waals surface area contributed by atoms with Crippen LogP contribution in [0.15, 0.2) is 11.6 Å². The number of hydrazine groups is 1. The molecule has 0 unspecified atom stereocenters. The van der Waals surface area contributed by atoms with Gasteiger partial charge in [0.1, 0.15) is 0 Å². The van der Waals surface area contributed by atoms with Gasteiger partial charge in [-0.3, -0.25) is 0 Å². The summed E-state index contributed by atoms with van der Waals surface area (Å²) in [6.07, 6.45) is 38.3. The molecular weight excluding hydrogens is 426 g/mol. The summed E-state index contributed by atoms with van der Waals surface area (Å²) in [5.74, 6) is 0. The predicted octanol–water partition coefficient (Wildman–Crippen LogP) is 9.86. The minimum absolute atomic E-state index is 0.894. The molecule has 0 aromatic heterocycles. The number of nitriles is 1. The van der Waals surface area contributed by atoms with Gasteiger partial charge in [0, 0.05) is 18.4 Å². The number of hydrazone groups is 1. The molecule has 35 heavy (non-hydrogen) atoms. The lowest BCUT2D eigenvalue weighted by Crippen LogP contribution is -2.38. The zero-order valence-electron chi connectivity index (χ0n) is 23.5. The van der Waals surface area contributed by atoms with Crippen molar-refractivity contribution < 1.29 is 4.68 Å². The van der Waals surface area contributed by atoms with E-state index in [2.05, 4.69) is 28.9 Å². The van der Waals surface area contributed by atoms with E-state index in [1.165, 1.54) is 153 Å². The topological polar surface area (TPSA) is 30.0 Å². The van der Waals surface area contributed by atoms with Gasteiger partial charge in [0.25, 0.3) is 0 Å². The molecule has 0 saturated carbocycles. The standard InChI is InChI=1S/C32H58N3/c1-2-3-4-5-6-9-13-19-24-29-35-32(27-22-17-12-14-18-23-28-34(35)30-33)31-25-20-15-10-7-8-11-16-21-26-31/h25H,2-24,26-29H2,1H3/q+1/b31-25?,35-32+. The van der Waals surface area contributed by atoms with Gasteiger partial charge in [0.2, 0.25) is 11.9 Å². The molecule has 2 aliphatic rings. The van der Waals surface area contributed by atoms with E-state index >= 15 is 0 Å². The number of hydrogen-bond acceptors (Lipinski definition) is 2. The summed E-state index contributed by atoms with van der Waals surface area (Å²) in [5, 5.41) is 12.2. The van der Waals surface area contributed by atoms with Gasteiger partial charge in [-0.2, -0.15) is 5.26 Å². The van der Waals surface area contributed by atoms with Crippen molar-refractivity contribution in [1.29, 1.82) is 5.26 Å². The first-order chi connectivity index (χ1) is 17.4. The van der Waals surface area contributed by atoms with E-state index in [4.69, 9.17) is 0 Å². The first-order valence-electron chi connectivity index (χ1n) is 15.9. The van der Waals surface area contributed by atoms with Crippen LogP contribution in [0.1, 0.15) is 167 Å². The van der Waals surface area contributed by atoms with Crippen LogP contribution in [-0.4, -0.2) is 28.5 Å². The average molecular weight is 485 g/mol. The summed E-state index contributed by atoms with van der Waals surface area (Å²) in [4.78, 5) is 0. The van der Waals surface area contributed by atoms with E-state index < -0.39 is 0 Å². The number of hydrogen-bond donors (Lipinski definition) is 0. The van der Waals surface area contributed by atoms with Gasteiger partial charge in [0.15, 0.2) is 6.54 Å². The second kappa shape index (κ2) is 20.8. The SMILES string of the molecule is CCCCCCCCCCC/[N+]1=C(\C2=CCCCCCCCCC2)CCCCCCCCN1C#N. The maximum absolute atomic E-state index is 10.2. The average Bonchev–Trinajstić information content (AvgIpc) is 2.96. The molecule has 0 spiro atoms. The maximum Gasteiger partial charge on any atom is 0.239 e. The van der Waals surface area contributed by atoms with Crippen molar-refractivity contribution >= 4 is 5.71 Å². The molecule has 1 aliphatic heterocycles. The quantitative estimate of drug-likeness (QED) is 0.166. The van der Waals surface area contributed by atoms with E-state index in [1.54, 1.807) is 5.57 Å². The Morgan fingerprint density at radius 3 is 1.89 bits per heavy atom. The summed E-state index contributed by atoms with van der Waals surface area (Å²) in [6, 6.07) is 0. The van der Waals surface area contributed by atoms with E-state index in [0.717, 1.165) is 25.9 Å². The van der Waals surface area contributed by atoms with Gasteiger partial charge in [-0.25, -0.2) is 0 Å². The van der Waals surface area contributed by atoms with Crippen LogP contribution >= 0.6 is 0 Å². The van der Waals surface area contributed by atoms with Gasteiger partial charge >= 0.3 is 0 Å². The van der Waals surface area contributed by atoms with E-state index in [1.807, 2.05) is 0 Å². The molecule has 0 aromatic carbocycles. The first kappa shape index (κ1) is 29.9. The van der Waals surface area contributed by atoms with Crippen molar-refractivity contribution in [2.75, 3.05) is 13.1 Å². The largest absolute Gasteiger partial charge is 0.239 e. The van der Waals surface area contributed by atoms with Gasteiger partial charge < -0.3 is 0 Å². The van der Waals surface area contributed by atoms with Crippen LogP contribution in [0.5, 0.6) is 0 Å². The molecule has 1 heterocycles. The zero-order chi connectivity index (χ0) is 24.8. The summed E-state index contributed by atoms with van der Waals surface area (Å²) in [6.45, 7) is 4.21. The molecule has 200 valence electrons. The summed E-state index contributed by atoms with van der Waals surface area (Å²) in [5.41, 5.74) is 3.09. The Kier molecular flexibility index (Phi) is 17.8. The third-order valence-corrected chi connectivity index (χ3v) is 8.14. The highest BCUT2D eigenvalue weighted by atomic mass is 15.6. The third-order valence-electron chi connectivity index (χ3n) is 8.14. The fraction of sp³-hybridized carbons (Fsp3) is 0.875. The van der Waals surface area contributed by atoms with Crippen LogP contribution in [-0.2, 0) is 0 Å². The molecule has 0 radical (unpaired) electrons. The number of rotatable bonds is 11. The third kappa shape index (κ3) is 13.5. The van der Waals surface area contributed by atoms with E-state index in [0.29, 0.717) is 0 Å². The van der Waals surface area contributed by atoms with Crippen LogP contribution in [0.25, 0.3) is 0 Å². The summed E-state index contributed by atoms with van der Waals surface area (Å²) >= 11 is 0. The molecule has 0 N–H and O–H groups in total. The molecular formula is C32H58N3+. The van der Waals surface area contributed by atoms with Crippen molar-refractivity contribution in [3.05, 3.63) is 11.6 Å². The highest BCUT2D eigenvalue weighted by molar-refractivity contribution is 5.96. The molecule has 0 amide bonds. The number of nitrogens with zero attached hydrogens (tertiary/aromatic N) is 3. The highest BCUT2D eigenvalue weighted by Crippen LogP contribution is 2.22. The predicted molar refractivity (Wildman–Crippen MR) is 152 cm³/mol. The lowest BCUT2D eigenvalue weighted by Gasteiger charge is -2.18. The molecule has 3 heteroatoms. The van der Waals surface area contributed by atoms with Crippen molar-refractivity contribution in [1.82, 2.24) is 5.01 Å². The van der Waals surface area contributed by atoms with Crippen molar-refractivity contribution in [2.24, 2.45) is 0 Å². The minimum Gasteiger partial charge on any atom is -0.167 e. The summed E-state index contributed by atoms with van der Waals surface area (Å²) < 4.78 is 2.47. The second-order valence-electron chi connectivity index (χ2n) is 11.2. The van der Waals surface area contributed by atoms with Crippen LogP contribution in [0.4, 0.5) is 0 Å². The Hall–Kier alpha value is -1.30. The molecule has 0 atom stereocenters. The van der Waals surface area contributed by atoms with Gasteiger partial charge in [-0.1, -0.05) is 121 Å². The molecule has 0 fully saturated rings. The van der Waals surface area contributed by atoms with Crippen LogP contribution in [0.2, 0.25) is 0 Å². The number of allylic oxidation sites excluding steroid dienone is 2. The molecule has 0 aromatic rings. The van der Waals surface area contributed by atoms with E-state index in [-0.39, 0.29) is 0 Å². The maximum atomic E-state index is 10.2.